The van der Waals surface area contributed by atoms with E-state index < -0.39 is 0 Å². The van der Waals surface area contributed by atoms with Crippen LogP contribution in [0.25, 0.3) is 5.69 Å². The minimum absolute atomic E-state index is 0.193. The molecule has 3 heterocycles. The molecule has 5 nitrogen and oxygen atoms in total. The molecule has 33 heavy (non-hydrogen) atoms. The maximum Gasteiger partial charge on any atom is 0.174 e. The van der Waals surface area contributed by atoms with Gasteiger partial charge >= 0.3 is 0 Å². The van der Waals surface area contributed by atoms with Gasteiger partial charge in [0, 0.05) is 17.6 Å². The predicted molar refractivity (Wildman–Crippen MR) is 131 cm³/mol. The number of nitrogens with zero attached hydrogens (tertiary/aromatic N) is 3. The van der Waals surface area contributed by atoms with Crippen LogP contribution in [0.2, 0.25) is 0 Å². The number of nitrogens with one attached hydrogen (secondary N) is 1. The van der Waals surface area contributed by atoms with Gasteiger partial charge in [-0.3, -0.25) is 4.98 Å². The first-order valence-electron chi connectivity index (χ1n) is 10.7. The van der Waals surface area contributed by atoms with E-state index in [1.54, 1.807) is 36.5 Å². The minimum Gasteiger partial charge on any atom is -0.506 e. The summed E-state index contributed by atoms with van der Waals surface area (Å²) in [5.74, 6) is -0.152. The smallest absolute Gasteiger partial charge is 0.174 e. The van der Waals surface area contributed by atoms with Gasteiger partial charge in [0.15, 0.2) is 5.11 Å². The van der Waals surface area contributed by atoms with Gasteiger partial charge < -0.3 is 19.9 Å². The highest BCUT2D eigenvalue weighted by atomic mass is 32.1. The monoisotopic (exact) mass is 458 g/mol. The number of rotatable bonds is 4. The molecular weight excluding hydrogens is 435 g/mol. The normalized spacial score (nSPS) is 17.9. The summed E-state index contributed by atoms with van der Waals surface area (Å²) in [7, 11) is 0. The minimum atomic E-state index is -0.345. The molecule has 0 bridgehead atoms. The number of halogens is 1. The Labute approximate surface area is 197 Å². The fourth-order valence-electron chi connectivity index (χ4n) is 4.69. The maximum absolute atomic E-state index is 15.0. The first-order valence-corrected chi connectivity index (χ1v) is 11.1. The van der Waals surface area contributed by atoms with E-state index in [-0.39, 0.29) is 23.7 Å². The van der Waals surface area contributed by atoms with Crippen LogP contribution in [0, 0.1) is 19.7 Å². The SMILES string of the molecule is Cc1cc([C@H]2[C@@H](c3ccccn3)NC(=S)N2c2ccccc2F)c(C)n1-c1ccccc1O. The van der Waals surface area contributed by atoms with Gasteiger partial charge in [-0.2, -0.15) is 0 Å². The van der Waals surface area contributed by atoms with Crippen molar-refractivity contribution in [1.29, 1.82) is 0 Å². The maximum atomic E-state index is 15.0. The molecular formula is C26H23FN4OS. The molecule has 166 valence electrons. The van der Waals surface area contributed by atoms with E-state index in [4.69, 9.17) is 12.2 Å². The van der Waals surface area contributed by atoms with E-state index in [2.05, 4.69) is 16.4 Å². The highest BCUT2D eigenvalue weighted by Gasteiger charge is 2.43. The standard InChI is InChI=1S/C26H23FN4OS/c1-16-15-18(17(2)30(16)22-12-5-6-13-23(22)32)25-24(20-10-7-8-14-28-20)29-26(33)31(25)21-11-4-3-9-19(21)27/h3-15,24-25,32H,1-2H3,(H,29,33)/t24-,25+/m1/s1. The van der Waals surface area contributed by atoms with Crippen LogP contribution >= 0.6 is 12.2 Å². The topological polar surface area (TPSA) is 53.3 Å². The number of hydrogen-bond acceptors (Lipinski definition) is 3. The summed E-state index contributed by atoms with van der Waals surface area (Å²) in [6.07, 6.45) is 1.74. The summed E-state index contributed by atoms with van der Waals surface area (Å²) >= 11 is 5.71. The number of benzene rings is 2. The van der Waals surface area contributed by atoms with Gasteiger partial charge in [-0.15, -0.1) is 0 Å². The van der Waals surface area contributed by atoms with E-state index in [0.29, 0.717) is 16.5 Å². The number of pyridine rings is 1. The Bertz CT molecular complexity index is 1340. The van der Waals surface area contributed by atoms with Crippen molar-refractivity contribution in [3.05, 3.63) is 107 Å². The second-order valence-electron chi connectivity index (χ2n) is 8.10. The molecule has 0 amide bonds. The summed E-state index contributed by atoms with van der Waals surface area (Å²) < 4.78 is 17.0. The second kappa shape index (κ2) is 8.33. The Hall–Kier alpha value is -3.71. The van der Waals surface area contributed by atoms with Crippen molar-refractivity contribution in [2.45, 2.75) is 25.9 Å². The average molecular weight is 459 g/mol. The molecule has 1 aliphatic heterocycles. The Kier molecular flexibility index (Phi) is 5.34. The van der Waals surface area contributed by atoms with Crippen LogP contribution in [0.3, 0.4) is 0 Å². The average Bonchev–Trinajstić information content (AvgIpc) is 3.30. The number of phenols is 1. The van der Waals surface area contributed by atoms with Crippen LogP contribution in [0.5, 0.6) is 5.75 Å². The molecule has 2 atom stereocenters. The quantitative estimate of drug-likeness (QED) is 0.395. The van der Waals surface area contributed by atoms with Crippen LogP contribution in [0.15, 0.2) is 79.0 Å². The van der Waals surface area contributed by atoms with Crippen LogP contribution in [0.1, 0.15) is 34.7 Å². The molecule has 7 heteroatoms. The molecule has 1 saturated heterocycles. The lowest BCUT2D eigenvalue weighted by atomic mass is 9.96. The van der Waals surface area contributed by atoms with Crippen LogP contribution in [-0.2, 0) is 0 Å². The van der Waals surface area contributed by atoms with Crippen molar-refractivity contribution >= 4 is 23.0 Å². The summed E-state index contributed by atoms with van der Waals surface area (Å²) in [5.41, 5.74) is 4.78. The number of hydrogen-bond donors (Lipinski definition) is 2. The highest BCUT2D eigenvalue weighted by molar-refractivity contribution is 7.80. The number of para-hydroxylation sites is 3. The van der Waals surface area contributed by atoms with Gasteiger partial charge in [0.25, 0.3) is 0 Å². The van der Waals surface area contributed by atoms with Crippen molar-refractivity contribution in [2.75, 3.05) is 4.90 Å². The highest BCUT2D eigenvalue weighted by Crippen LogP contribution is 2.44. The zero-order chi connectivity index (χ0) is 23.1. The predicted octanol–water partition coefficient (Wildman–Crippen LogP) is 5.51. The van der Waals surface area contributed by atoms with Crippen molar-refractivity contribution in [3.8, 4) is 11.4 Å². The Morgan fingerprint density at radius 3 is 2.36 bits per heavy atom. The molecule has 1 aliphatic rings. The molecule has 1 fully saturated rings. The first kappa shape index (κ1) is 21.2. The molecule has 0 saturated carbocycles. The van der Waals surface area contributed by atoms with Gasteiger partial charge in [0.1, 0.15) is 11.6 Å². The van der Waals surface area contributed by atoms with Crippen molar-refractivity contribution in [1.82, 2.24) is 14.9 Å². The third-order valence-electron chi connectivity index (χ3n) is 6.12. The van der Waals surface area contributed by atoms with E-state index >= 15 is 0 Å². The first-order chi connectivity index (χ1) is 16.0. The molecule has 5 rings (SSSR count). The van der Waals surface area contributed by atoms with E-state index in [1.165, 1.54) is 6.07 Å². The largest absolute Gasteiger partial charge is 0.506 e. The number of aromatic hydroxyl groups is 1. The summed E-state index contributed by atoms with van der Waals surface area (Å²) in [4.78, 5) is 6.40. The van der Waals surface area contributed by atoms with Gasteiger partial charge in [-0.1, -0.05) is 30.3 Å². The van der Waals surface area contributed by atoms with E-state index in [0.717, 1.165) is 22.6 Å². The van der Waals surface area contributed by atoms with Gasteiger partial charge in [0.05, 0.1) is 29.2 Å². The van der Waals surface area contributed by atoms with Gasteiger partial charge in [-0.05, 0) is 74.1 Å². The van der Waals surface area contributed by atoms with Crippen molar-refractivity contribution in [3.63, 3.8) is 0 Å². The van der Waals surface area contributed by atoms with Gasteiger partial charge in [-0.25, -0.2) is 4.39 Å². The third-order valence-corrected chi connectivity index (χ3v) is 6.44. The summed E-state index contributed by atoms with van der Waals surface area (Å²) in [6.45, 7) is 4.00. The summed E-state index contributed by atoms with van der Waals surface area (Å²) in [6, 6.07) is 21.1. The van der Waals surface area contributed by atoms with Crippen molar-refractivity contribution in [2.24, 2.45) is 0 Å². The lowest BCUT2D eigenvalue weighted by molar-refractivity contribution is 0.471. The Balaban J connectivity index is 1.71. The van der Waals surface area contributed by atoms with E-state index in [9.17, 15) is 9.50 Å². The number of thiocarbonyl (C=S) groups is 1. The molecule has 0 radical (unpaired) electrons. The van der Waals surface area contributed by atoms with E-state index in [1.807, 2.05) is 53.6 Å². The molecule has 0 spiro atoms. The fourth-order valence-corrected chi connectivity index (χ4v) is 5.03. The lowest BCUT2D eigenvalue weighted by Gasteiger charge is -2.28. The van der Waals surface area contributed by atoms with Crippen LogP contribution in [0.4, 0.5) is 10.1 Å². The number of aromatic nitrogens is 2. The zero-order valence-electron chi connectivity index (χ0n) is 18.2. The molecule has 4 aromatic rings. The van der Waals surface area contributed by atoms with Crippen molar-refractivity contribution < 1.29 is 9.50 Å². The van der Waals surface area contributed by atoms with Crippen LogP contribution in [-0.4, -0.2) is 19.8 Å². The molecule has 2 aromatic heterocycles. The van der Waals surface area contributed by atoms with Gasteiger partial charge in [0.2, 0.25) is 0 Å². The molecule has 0 unspecified atom stereocenters. The number of phenolic OH excluding ortho intramolecular Hbond substituents is 1. The lowest BCUT2D eigenvalue weighted by Crippen LogP contribution is -2.30. The fraction of sp³-hybridized carbons (Fsp3) is 0.154. The zero-order valence-corrected chi connectivity index (χ0v) is 19.1. The number of aryl methyl sites for hydroxylation is 1. The Morgan fingerprint density at radius 1 is 0.970 bits per heavy atom. The molecule has 2 aromatic carbocycles. The number of anilines is 1. The van der Waals surface area contributed by atoms with Crippen LogP contribution < -0.4 is 10.2 Å². The second-order valence-corrected chi connectivity index (χ2v) is 8.49. The molecule has 2 N–H and O–H groups in total. The third kappa shape index (κ3) is 3.54. The Morgan fingerprint density at radius 2 is 1.67 bits per heavy atom. The summed E-state index contributed by atoms with van der Waals surface area (Å²) in [5, 5.41) is 14.3. The molecule has 0 aliphatic carbocycles.